The third-order valence-electron chi connectivity index (χ3n) is 1.51. The van der Waals surface area contributed by atoms with Crippen LogP contribution in [0.5, 0.6) is 0 Å². The third-order valence-corrected chi connectivity index (χ3v) is 1.51. The first kappa shape index (κ1) is 15.0. The largest absolute Gasteiger partial charge is 0.384 e. The van der Waals surface area contributed by atoms with Crippen LogP contribution in [-0.2, 0) is 6.54 Å². The first-order chi connectivity index (χ1) is 5.20. The molecule has 0 aromatic carbocycles. The van der Waals surface area contributed by atoms with Crippen molar-refractivity contribution < 1.29 is 0 Å². The number of likely N-dealkylation sites (N-methyl/N-ethyl adjacent to an activating group) is 1. The summed E-state index contributed by atoms with van der Waals surface area (Å²) in [6, 6.07) is 1.80. The number of nitrogen functional groups attached to an aromatic ring is 1. The van der Waals surface area contributed by atoms with Crippen LogP contribution in [0.15, 0.2) is 12.3 Å². The molecule has 0 atom stereocenters. The highest BCUT2D eigenvalue weighted by Crippen LogP contribution is 1.98. The van der Waals surface area contributed by atoms with Crippen LogP contribution in [-0.4, -0.2) is 35.3 Å². The molecule has 0 spiro atoms. The highest BCUT2D eigenvalue weighted by atomic mass is 35.5. The van der Waals surface area contributed by atoms with Crippen molar-refractivity contribution in [3.63, 3.8) is 0 Å². The zero-order valence-corrected chi connectivity index (χ0v) is 9.44. The quantitative estimate of drug-likeness (QED) is 0.833. The van der Waals surface area contributed by atoms with Gasteiger partial charge in [0, 0.05) is 6.54 Å². The maximum atomic E-state index is 5.61. The molecule has 0 aliphatic heterocycles. The van der Waals surface area contributed by atoms with Crippen LogP contribution in [0.2, 0.25) is 0 Å². The van der Waals surface area contributed by atoms with Crippen molar-refractivity contribution in [3.8, 4) is 0 Å². The zero-order chi connectivity index (χ0) is 8.27. The minimum absolute atomic E-state index is 0. The fraction of sp³-hybridized carbons (Fsp3) is 0.571. The van der Waals surface area contributed by atoms with Gasteiger partial charge in [-0.1, -0.05) is 0 Å². The van der Waals surface area contributed by atoms with Gasteiger partial charge in [0.15, 0.2) is 0 Å². The standard InChI is InChI=1S/C7H14N4.2ClH/c1-10(2)5-6-11-7(8)3-4-9-11;;/h3-4H,5-6,8H2,1-2H3;2*1H. The van der Waals surface area contributed by atoms with Crippen LogP contribution in [0.25, 0.3) is 0 Å². The van der Waals surface area contributed by atoms with E-state index in [1.807, 2.05) is 14.1 Å². The van der Waals surface area contributed by atoms with Crippen molar-refractivity contribution >= 4 is 30.6 Å². The van der Waals surface area contributed by atoms with Gasteiger partial charge in [-0.2, -0.15) is 5.10 Å². The van der Waals surface area contributed by atoms with Crippen LogP contribution < -0.4 is 5.73 Å². The molecule has 4 nitrogen and oxygen atoms in total. The summed E-state index contributed by atoms with van der Waals surface area (Å²) in [5.41, 5.74) is 5.61. The van der Waals surface area contributed by atoms with Gasteiger partial charge in [0.2, 0.25) is 0 Å². The lowest BCUT2D eigenvalue weighted by Gasteiger charge is -2.09. The van der Waals surface area contributed by atoms with Gasteiger partial charge < -0.3 is 10.6 Å². The Hall–Kier alpha value is -0.450. The number of halogens is 2. The zero-order valence-electron chi connectivity index (χ0n) is 7.80. The highest BCUT2D eigenvalue weighted by molar-refractivity contribution is 5.85. The molecule has 0 radical (unpaired) electrons. The van der Waals surface area contributed by atoms with E-state index in [1.165, 1.54) is 0 Å². The van der Waals surface area contributed by atoms with Gasteiger partial charge in [0.25, 0.3) is 0 Å². The topological polar surface area (TPSA) is 47.1 Å². The molecule has 0 saturated heterocycles. The van der Waals surface area contributed by atoms with E-state index in [-0.39, 0.29) is 24.8 Å². The van der Waals surface area contributed by atoms with E-state index in [9.17, 15) is 0 Å². The fourth-order valence-electron chi connectivity index (χ4n) is 0.824. The Balaban J connectivity index is 0. The average Bonchev–Trinajstić information content (AvgIpc) is 2.31. The number of aromatic nitrogens is 2. The van der Waals surface area contributed by atoms with E-state index in [2.05, 4.69) is 10.00 Å². The van der Waals surface area contributed by atoms with E-state index in [0.717, 1.165) is 18.9 Å². The minimum atomic E-state index is 0. The molecule has 1 rings (SSSR count). The average molecular weight is 227 g/mol. The van der Waals surface area contributed by atoms with Gasteiger partial charge in [0.1, 0.15) is 5.82 Å². The van der Waals surface area contributed by atoms with E-state index in [0.29, 0.717) is 0 Å². The van der Waals surface area contributed by atoms with Crippen LogP contribution in [0.4, 0.5) is 5.82 Å². The van der Waals surface area contributed by atoms with Crippen LogP contribution in [0.3, 0.4) is 0 Å². The smallest absolute Gasteiger partial charge is 0.121 e. The molecule has 0 fully saturated rings. The lowest BCUT2D eigenvalue weighted by molar-refractivity contribution is 0.375. The second kappa shape index (κ2) is 7.00. The molecule has 0 bridgehead atoms. The number of anilines is 1. The number of rotatable bonds is 3. The Morgan fingerprint density at radius 1 is 1.46 bits per heavy atom. The summed E-state index contributed by atoms with van der Waals surface area (Å²) in [7, 11) is 4.05. The first-order valence-electron chi connectivity index (χ1n) is 3.62. The lowest BCUT2D eigenvalue weighted by atomic mass is 10.5. The van der Waals surface area contributed by atoms with Crippen LogP contribution in [0.1, 0.15) is 0 Å². The molecule has 1 aromatic heterocycles. The van der Waals surface area contributed by atoms with Gasteiger partial charge >= 0.3 is 0 Å². The predicted octanol–water partition coefficient (Wildman–Crippen LogP) is 0.870. The minimum Gasteiger partial charge on any atom is -0.384 e. The maximum Gasteiger partial charge on any atom is 0.121 e. The summed E-state index contributed by atoms with van der Waals surface area (Å²) in [4.78, 5) is 2.10. The molecule has 13 heavy (non-hydrogen) atoms. The molecule has 0 aliphatic carbocycles. The lowest BCUT2D eigenvalue weighted by Crippen LogP contribution is -2.19. The molecular formula is C7H16Cl2N4. The van der Waals surface area contributed by atoms with Crippen LogP contribution >= 0.6 is 24.8 Å². The normalized spacial score (nSPS) is 9.15. The molecule has 0 saturated carbocycles. The van der Waals surface area contributed by atoms with E-state index < -0.39 is 0 Å². The summed E-state index contributed by atoms with van der Waals surface area (Å²) in [5, 5.41) is 4.05. The Kier molecular flexibility index (Phi) is 8.10. The van der Waals surface area contributed by atoms with Gasteiger partial charge in [0.05, 0.1) is 12.7 Å². The van der Waals surface area contributed by atoms with Crippen molar-refractivity contribution in [2.75, 3.05) is 26.4 Å². The summed E-state index contributed by atoms with van der Waals surface area (Å²) in [6.07, 6.45) is 1.71. The second-order valence-corrected chi connectivity index (χ2v) is 2.78. The van der Waals surface area contributed by atoms with Gasteiger partial charge in [-0.05, 0) is 20.2 Å². The number of nitrogens with two attached hydrogens (primary N) is 1. The van der Waals surface area contributed by atoms with Crippen molar-refractivity contribution in [1.29, 1.82) is 0 Å². The Labute approximate surface area is 90.9 Å². The molecule has 0 amide bonds. The summed E-state index contributed by atoms with van der Waals surface area (Å²) >= 11 is 0. The number of hydrogen-bond donors (Lipinski definition) is 1. The van der Waals surface area contributed by atoms with E-state index in [4.69, 9.17) is 5.73 Å². The van der Waals surface area contributed by atoms with E-state index in [1.54, 1.807) is 16.9 Å². The Morgan fingerprint density at radius 2 is 2.08 bits per heavy atom. The molecule has 1 heterocycles. The summed E-state index contributed by atoms with van der Waals surface area (Å²) in [6.45, 7) is 1.82. The summed E-state index contributed by atoms with van der Waals surface area (Å²) in [5.74, 6) is 0.729. The van der Waals surface area contributed by atoms with Gasteiger partial charge in [-0.25, -0.2) is 4.68 Å². The van der Waals surface area contributed by atoms with Gasteiger partial charge in [-0.3, -0.25) is 0 Å². The molecule has 6 heteroatoms. The Morgan fingerprint density at radius 3 is 2.46 bits per heavy atom. The van der Waals surface area contributed by atoms with Crippen molar-refractivity contribution in [2.45, 2.75) is 6.54 Å². The third kappa shape index (κ3) is 4.98. The van der Waals surface area contributed by atoms with Crippen molar-refractivity contribution in [3.05, 3.63) is 12.3 Å². The first-order valence-corrected chi connectivity index (χ1v) is 3.62. The molecule has 0 unspecified atom stereocenters. The molecule has 2 N–H and O–H groups in total. The molecular weight excluding hydrogens is 211 g/mol. The SMILES string of the molecule is CN(C)CCn1nccc1N.Cl.Cl. The maximum absolute atomic E-state index is 5.61. The van der Waals surface area contributed by atoms with E-state index >= 15 is 0 Å². The number of nitrogens with zero attached hydrogens (tertiary/aromatic N) is 3. The molecule has 78 valence electrons. The van der Waals surface area contributed by atoms with Gasteiger partial charge in [-0.15, -0.1) is 24.8 Å². The Bertz CT molecular complexity index is 224. The summed E-state index contributed by atoms with van der Waals surface area (Å²) < 4.78 is 1.79. The number of hydrogen-bond acceptors (Lipinski definition) is 3. The predicted molar refractivity (Wildman–Crippen MR) is 59.7 cm³/mol. The van der Waals surface area contributed by atoms with Crippen molar-refractivity contribution in [2.24, 2.45) is 0 Å². The molecule has 1 aromatic rings. The highest BCUT2D eigenvalue weighted by Gasteiger charge is 1.96. The fourth-order valence-corrected chi connectivity index (χ4v) is 0.824. The van der Waals surface area contributed by atoms with Crippen LogP contribution in [0, 0.1) is 0 Å². The monoisotopic (exact) mass is 226 g/mol. The van der Waals surface area contributed by atoms with Crippen molar-refractivity contribution in [1.82, 2.24) is 14.7 Å². The second-order valence-electron chi connectivity index (χ2n) is 2.78. The molecule has 0 aliphatic rings.